The molecule has 0 spiro atoms. The maximum atomic E-state index is 10.8. The normalized spacial score (nSPS) is 17.1. The summed E-state index contributed by atoms with van der Waals surface area (Å²) in [5, 5.41) is 13.1. The molecule has 0 heterocycles. The molecule has 3 rings (SSSR count). The fraction of sp³-hybridized carbons (Fsp3) is 0.300. The van der Waals surface area contributed by atoms with Crippen molar-refractivity contribution in [3.63, 3.8) is 0 Å². The minimum Gasteiger partial charge on any atom is -0.362 e. The van der Waals surface area contributed by atoms with Gasteiger partial charge in [-0.05, 0) is 72.9 Å². The molecule has 0 bridgehead atoms. The topological polar surface area (TPSA) is 29.5 Å². The van der Waals surface area contributed by atoms with Crippen LogP contribution < -0.4 is 0 Å². The van der Waals surface area contributed by atoms with Crippen molar-refractivity contribution in [3.8, 4) is 0 Å². The smallest absolute Gasteiger partial charge is 0.189 e. The average molecular weight is 373 g/mol. The molecule has 1 aliphatic carbocycles. The zero-order valence-corrected chi connectivity index (χ0v) is 15.1. The van der Waals surface area contributed by atoms with Gasteiger partial charge in [0.05, 0.1) is 0 Å². The van der Waals surface area contributed by atoms with Gasteiger partial charge in [-0.25, -0.2) is 0 Å². The van der Waals surface area contributed by atoms with Gasteiger partial charge in [-0.15, -0.1) is 0 Å². The van der Waals surface area contributed by atoms with E-state index in [4.69, 9.17) is 4.74 Å². The van der Waals surface area contributed by atoms with Crippen molar-refractivity contribution < 1.29 is 9.84 Å². The Kier molecular flexibility index (Phi) is 4.72. The van der Waals surface area contributed by atoms with Gasteiger partial charge in [0, 0.05) is 16.6 Å². The van der Waals surface area contributed by atoms with E-state index in [-0.39, 0.29) is 0 Å². The molecule has 0 aromatic heterocycles. The summed E-state index contributed by atoms with van der Waals surface area (Å²) < 4.78 is 6.64. The Morgan fingerprint density at radius 1 is 1.17 bits per heavy atom. The van der Waals surface area contributed by atoms with Crippen LogP contribution in [0.3, 0.4) is 0 Å². The molecule has 3 heteroatoms. The second kappa shape index (κ2) is 6.60. The highest BCUT2D eigenvalue weighted by Gasteiger charge is 2.28. The van der Waals surface area contributed by atoms with Gasteiger partial charge in [-0.1, -0.05) is 40.2 Å². The fourth-order valence-electron chi connectivity index (χ4n) is 3.06. The molecule has 2 aromatic rings. The summed E-state index contributed by atoms with van der Waals surface area (Å²) in [7, 11) is 0. The molecule has 2 nitrogen and oxygen atoms in total. The van der Waals surface area contributed by atoms with Crippen LogP contribution in [0.4, 0.5) is 0 Å². The van der Waals surface area contributed by atoms with Crippen LogP contribution >= 0.6 is 15.9 Å². The minimum atomic E-state index is -1.31. The van der Waals surface area contributed by atoms with Crippen molar-refractivity contribution in [2.45, 2.75) is 32.5 Å². The van der Waals surface area contributed by atoms with Crippen LogP contribution in [0.25, 0.3) is 16.3 Å². The van der Waals surface area contributed by atoms with Gasteiger partial charge in [0.2, 0.25) is 0 Å². The van der Waals surface area contributed by atoms with Gasteiger partial charge in [-0.3, -0.25) is 0 Å². The van der Waals surface area contributed by atoms with Gasteiger partial charge in [-0.2, -0.15) is 0 Å². The summed E-state index contributed by atoms with van der Waals surface area (Å²) in [6, 6.07) is 10.4. The first-order chi connectivity index (χ1) is 11.0. The van der Waals surface area contributed by atoms with E-state index in [9.17, 15) is 5.11 Å². The van der Waals surface area contributed by atoms with E-state index in [1.807, 2.05) is 19.1 Å². The van der Waals surface area contributed by atoms with Crippen molar-refractivity contribution in [1.82, 2.24) is 0 Å². The standard InChI is InChI=1S/C20H21BrO2/c1-3-23-20(2,22)19-13-16-11-17(21)10-9-15(16)12-18(19)14-7-5-4-6-8-14/h5,7-13,22H,3-4,6H2,1-2H3. The van der Waals surface area contributed by atoms with E-state index in [0.29, 0.717) is 6.61 Å². The third kappa shape index (κ3) is 3.42. The van der Waals surface area contributed by atoms with E-state index in [1.54, 1.807) is 6.92 Å². The maximum Gasteiger partial charge on any atom is 0.189 e. The Morgan fingerprint density at radius 3 is 2.70 bits per heavy atom. The van der Waals surface area contributed by atoms with E-state index < -0.39 is 5.79 Å². The van der Waals surface area contributed by atoms with Crippen LogP contribution in [0.5, 0.6) is 0 Å². The van der Waals surface area contributed by atoms with E-state index >= 15 is 0 Å². The zero-order valence-electron chi connectivity index (χ0n) is 13.5. The van der Waals surface area contributed by atoms with E-state index in [2.05, 4.69) is 52.4 Å². The highest BCUT2D eigenvalue weighted by molar-refractivity contribution is 9.10. The van der Waals surface area contributed by atoms with Crippen molar-refractivity contribution >= 4 is 32.3 Å². The van der Waals surface area contributed by atoms with Crippen molar-refractivity contribution in [2.24, 2.45) is 0 Å². The Hall–Kier alpha value is -1.42. The molecule has 1 N–H and O–H groups in total. The number of ether oxygens (including phenoxy) is 1. The molecule has 2 aromatic carbocycles. The van der Waals surface area contributed by atoms with Crippen LogP contribution in [-0.2, 0) is 10.5 Å². The number of rotatable bonds is 4. The van der Waals surface area contributed by atoms with Crippen LogP contribution in [-0.4, -0.2) is 11.7 Å². The molecule has 0 amide bonds. The number of allylic oxidation sites excluding steroid dienone is 4. The first kappa shape index (κ1) is 16.4. The van der Waals surface area contributed by atoms with Gasteiger partial charge >= 0.3 is 0 Å². The summed E-state index contributed by atoms with van der Waals surface area (Å²) in [4.78, 5) is 0. The molecule has 0 radical (unpaired) electrons. The van der Waals surface area contributed by atoms with E-state index in [0.717, 1.165) is 44.8 Å². The monoisotopic (exact) mass is 372 g/mol. The number of benzene rings is 2. The highest BCUT2D eigenvalue weighted by Crippen LogP contribution is 2.36. The lowest BCUT2D eigenvalue weighted by molar-refractivity contribution is -0.195. The molecule has 120 valence electrons. The molecule has 0 saturated heterocycles. The lowest BCUT2D eigenvalue weighted by atomic mass is 9.89. The first-order valence-electron chi connectivity index (χ1n) is 7.98. The molecular formula is C20H21BrO2. The molecule has 0 fully saturated rings. The Labute approximate surface area is 145 Å². The Balaban J connectivity index is 2.24. The van der Waals surface area contributed by atoms with Crippen molar-refractivity contribution in [1.29, 1.82) is 0 Å². The molecular weight excluding hydrogens is 352 g/mol. The SMILES string of the molecule is CCOC(C)(O)c1cc2cc(Br)ccc2cc1C1=CCCC=C1. The number of hydrogen-bond acceptors (Lipinski definition) is 2. The quantitative estimate of drug-likeness (QED) is 0.714. The zero-order chi connectivity index (χ0) is 16.4. The van der Waals surface area contributed by atoms with Crippen LogP contribution in [0, 0.1) is 0 Å². The number of hydrogen-bond donors (Lipinski definition) is 1. The summed E-state index contributed by atoms with van der Waals surface area (Å²) >= 11 is 3.52. The minimum absolute atomic E-state index is 0.456. The average Bonchev–Trinajstić information content (AvgIpc) is 2.54. The molecule has 23 heavy (non-hydrogen) atoms. The lowest BCUT2D eigenvalue weighted by Crippen LogP contribution is -2.26. The van der Waals surface area contributed by atoms with Gasteiger partial charge < -0.3 is 9.84 Å². The van der Waals surface area contributed by atoms with Crippen LogP contribution in [0.2, 0.25) is 0 Å². The van der Waals surface area contributed by atoms with Crippen LogP contribution in [0.15, 0.2) is 53.0 Å². The number of aliphatic hydroxyl groups is 1. The molecule has 1 unspecified atom stereocenters. The molecule has 0 aliphatic heterocycles. The number of fused-ring (bicyclic) bond motifs is 1. The molecule has 0 saturated carbocycles. The third-order valence-electron chi connectivity index (χ3n) is 4.17. The van der Waals surface area contributed by atoms with Gasteiger partial charge in [0.1, 0.15) is 0 Å². The summed E-state index contributed by atoms with van der Waals surface area (Å²) in [5.41, 5.74) is 2.99. The highest BCUT2D eigenvalue weighted by atomic mass is 79.9. The molecule has 1 aliphatic rings. The lowest BCUT2D eigenvalue weighted by Gasteiger charge is -2.27. The summed E-state index contributed by atoms with van der Waals surface area (Å²) in [6.07, 6.45) is 8.64. The maximum absolute atomic E-state index is 10.8. The summed E-state index contributed by atoms with van der Waals surface area (Å²) in [6.45, 7) is 4.07. The Bertz CT molecular complexity index is 788. The molecule has 1 atom stereocenters. The van der Waals surface area contributed by atoms with Gasteiger partial charge in [0.15, 0.2) is 5.79 Å². The fourth-order valence-corrected chi connectivity index (χ4v) is 3.44. The second-order valence-corrected chi connectivity index (χ2v) is 6.86. The first-order valence-corrected chi connectivity index (χ1v) is 8.78. The third-order valence-corrected chi connectivity index (χ3v) is 4.66. The number of halogens is 1. The van der Waals surface area contributed by atoms with Gasteiger partial charge in [0.25, 0.3) is 0 Å². The van der Waals surface area contributed by atoms with Crippen molar-refractivity contribution in [2.75, 3.05) is 6.61 Å². The Morgan fingerprint density at radius 2 is 2.00 bits per heavy atom. The van der Waals surface area contributed by atoms with Crippen LogP contribution in [0.1, 0.15) is 37.8 Å². The summed E-state index contributed by atoms with van der Waals surface area (Å²) in [5.74, 6) is -1.31. The van der Waals surface area contributed by atoms with Crippen molar-refractivity contribution in [3.05, 3.63) is 64.2 Å². The predicted octanol–water partition coefficient (Wildman–Crippen LogP) is 5.54. The largest absolute Gasteiger partial charge is 0.362 e. The second-order valence-electron chi connectivity index (χ2n) is 5.94. The predicted molar refractivity (Wildman–Crippen MR) is 99.2 cm³/mol. The van der Waals surface area contributed by atoms with E-state index in [1.165, 1.54) is 0 Å².